The zero-order chi connectivity index (χ0) is 17.0. The van der Waals surface area contributed by atoms with Crippen LogP contribution in [-0.4, -0.2) is 29.9 Å². The molecule has 1 aliphatic carbocycles. The highest BCUT2D eigenvalue weighted by atomic mass is 79.9. The van der Waals surface area contributed by atoms with Crippen molar-refractivity contribution in [1.82, 2.24) is 4.98 Å². The minimum absolute atomic E-state index is 0.0705. The lowest BCUT2D eigenvalue weighted by atomic mass is 9.62. The van der Waals surface area contributed by atoms with E-state index in [9.17, 15) is 4.79 Å². The molecule has 1 atom stereocenters. The van der Waals surface area contributed by atoms with Crippen LogP contribution in [0.15, 0.2) is 28.9 Å². The number of benzene rings is 1. The van der Waals surface area contributed by atoms with Crippen molar-refractivity contribution < 1.29 is 14.3 Å². The van der Waals surface area contributed by atoms with Crippen LogP contribution < -0.4 is 5.32 Å². The number of aromatic nitrogens is 1. The van der Waals surface area contributed by atoms with Gasteiger partial charge in [-0.05, 0) is 50.3 Å². The standard InChI is InChI=1S/C19H19BrN2O3/c20-11-4-5-14-13(7-11)17-15(10-21-14)22-18(23)19(17)8-12(9-19)25-16-3-1-2-6-24-16/h4-5,7,10,12,16H,1-3,6,8-9H2,(H,22,23). The number of ether oxygens (including phenoxy) is 2. The molecule has 1 saturated carbocycles. The summed E-state index contributed by atoms with van der Waals surface area (Å²) in [4.78, 5) is 17.2. The van der Waals surface area contributed by atoms with Gasteiger partial charge in [0.2, 0.25) is 5.91 Å². The molecular weight excluding hydrogens is 384 g/mol. The first-order chi connectivity index (χ1) is 12.2. The van der Waals surface area contributed by atoms with Crippen LogP contribution >= 0.6 is 15.9 Å². The normalized spacial score (nSPS) is 31.0. The predicted octanol–water partition coefficient (Wildman–Crippen LogP) is 3.89. The Balaban J connectivity index is 1.46. The number of nitrogens with one attached hydrogen (secondary N) is 1. The highest BCUT2D eigenvalue weighted by molar-refractivity contribution is 9.10. The summed E-state index contributed by atoms with van der Waals surface area (Å²) in [6.07, 6.45) is 6.37. The highest BCUT2D eigenvalue weighted by Crippen LogP contribution is 2.54. The van der Waals surface area contributed by atoms with E-state index in [2.05, 4.69) is 32.3 Å². The van der Waals surface area contributed by atoms with E-state index in [1.54, 1.807) is 6.20 Å². The number of carbonyl (C=O) groups excluding carboxylic acids is 1. The molecule has 0 radical (unpaired) electrons. The maximum Gasteiger partial charge on any atom is 0.235 e. The molecule has 25 heavy (non-hydrogen) atoms. The minimum Gasteiger partial charge on any atom is -0.353 e. The summed E-state index contributed by atoms with van der Waals surface area (Å²) in [5.41, 5.74) is 2.34. The molecule has 1 aromatic carbocycles. The lowest BCUT2D eigenvalue weighted by Crippen LogP contribution is -2.51. The topological polar surface area (TPSA) is 60.5 Å². The molecule has 1 unspecified atom stereocenters. The number of fused-ring (bicyclic) bond motifs is 4. The number of carbonyl (C=O) groups is 1. The maximum absolute atomic E-state index is 12.8. The monoisotopic (exact) mass is 402 g/mol. The summed E-state index contributed by atoms with van der Waals surface area (Å²) in [5.74, 6) is 0.0705. The first-order valence-electron chi connectivity index (χ1n) is 8.83. The van der Waals surface area contributed by atoms with Crippen LogP contribution in [-0.2, 0) is 19.7 Å². The fourth-order valence-electron chi connectivity index (χ4n) is 4.37. The number of hydrogen-bond acceptors (Lipinski definition) is 4. The first kappa shape index (κ1) is 15.7. The van der Waals surface area contributed by atoms with Crippen LogP contribution in [0.25, 0.3) is 10.9 Å². The molecular formula is C19H19BrN2O3. The molecule has 2 aliphatic heterocycles. The zero-order valence-electron chi connectivity index (χ0n) is 13.8. The van der Waals surface area contributed by atoms with Gasteiger partial charge in [0.05, 0.1) is 28.9 Å². The molecule has 2 fully saturated rings. The number of nitrogens with zero attached hydrogens (tertiary/aromatic N) is 1. The number of pyridine rings is 1. The Morgan fingerprint density at radius 1 is 1.32 bits per heavy atom. The van der Waals surface area contributed by atoms with Gasteiger partial charge in [0.25, 0.3) is 0 Å². The van der Waals surface area contributed by atoms with E-state index in [1.807, 2.05) is 12.1 Å². The van der Waals surface area contributed by atoms with Crippen molar-refractivity contribution in [3.8, 4) is 0 Å². The second-order valence-electron chi connectivity index (χ2n) is 7.21. The van der Waals surface area contributed by atoms with Gasteiger partial charge >= 0.3 is 0 Å². The van der Waals surface area contributed by atoms with Gasteiger partial charge in [-0.2, -0.15) is 0 Å². The van der Waals surface area contributed by atoms with Crippen LogP contribution in [0.4, 0.5) is 5.69 Å². The van der Waals surface area contributed by atoms with E-state index < -0.39 is 5.41 Å². The first-order valence-corrected chi connectivity index (χ1v) is 9.62. The fourth-order valence-corrected chi connectivity index (χ4v) is 4.73. The van der Waals surface area contributed by atoms with Crippen molar-refractivity contribution in [3.63, 3.8) is 0 Å². The molecule has 1 amide bonds. The second kappa shape index (κ2) is 5.76. The molecule has 1 spiro atoms. The fraction of sp³-hybridized carbons (Fsp3) is 0.474. The average molecular weight is 403 g/mol. The van der Waals surface area contributed by atoms with Gasteiger partial charge in [-0.1, -0.05) is 15.9 Å². The van der Waals surface area contributed by atoms with Crippen molar-refractivity contribution in [2.75, 3.05) is 11.9 Å². The molecule has 1 aromatic heterocycles. The van der Waals surface area contributed by atoms with Gasteiger partial charge in [-0.25, -0.2) is 0 Å². The number of anilines is 1. The average Bonchev–Trinajstić information content (AvgIpc) is 2.88. The van der Waals surface area contributed by atoms with Crippen molar-refractivity contribution >= 4 is 38.4 Å². The molecule has 5 rings (SSSR count). The Labute approximate surface area is 154 Å². The third-order valence-corrected chi connectivity index (χ3v) is 6.12. The summed E-state index contributed by atoms with van der Waals surface area (Å²) in [5, 5.41) is 4.06. The zero-order valence-corrected chi connectivity index (χ0v) is 15.3. The summed E-state index contributed by atoms with van der Waals surface area (Å²) < 4.78 is 12.8. The second-order valence-corrected chi connectivity index (χ2v) is 8.12. The molecule has 3 aliphatic rings. The van der Waals surface area contributed by atoms with Gasteiger partial charge in [0, 0.05) is 22.0 Å². The van der Waals surface area contributed by atoms with Crippen LogP contribution in [0.3, 0.4) is 0 Å². The van der Waals surface area contributed by atoms with Gasteiger partial charge in [-0.15, -0.1) is 0 Å². The quantitative estimate of drug-likeness (QED) is 0.827. The predicted molar refractivity (Wildman–Crippen MR) is 97.4 cm³/mol. The van der Waals surface area contributed by atoms with Gasteiger partial charge < -0.3 is 14.8 Å². The van der Waals surface area contributed by atoms with Gasteiger partial charge in [0.15, 0.2) is 6.29 Å². The van der Waals surface area contributed by atoms with E-state index in [4.69, 9.17) is 9.47 Å². The maximum atomic E-state index is 12.8. The lowest BCUT2D eigenvalue weighted by molar-refractivity contribution is -0.212. The van der Waals surface area contributed by atoms with Gasteiger partial charge in [0.1, 0.15) is 0 Å². The van der Waals surface area contributed by atoms with E-state index in [1.165, 1.54) is 0 Å². The minimum atomic E-state index is -0.489. The Bertz CT molecular complexity index is 857. The van der Waals surface area contributed by atoms with Crippen molar-refractivity contribution in [1.29, 1.82) is 0 Å². The van der Waals surface area contributed by atoms with Crippen LogP contribution in [0, 0.1) is 0 Å². The number of amides is 1. The summed E-state index contributed by atoms with van der Waals surface area (Å²) in [6.45, 7) is 0.774. The Morgan fingerprint density at radius 3 is 3.00 bits per heavy atom. The number of hydrogen-bond donors (Lipinski definition) is 1. The molecule has 6 heteroatoms. The SMILES string of the molecule is O=C1Nc2cnc3ccc(Br)cc3c2C12CC(OC1CCCCO1)C2. The van der Waals surface area contributed by atoms with E-state index >= 15 is 0 Å². The molecule has 5 nitrogen and oxygen atoms in total. The molecule has 2 aromatic rings. The molecule has 0 bridgehead atoms. The Morgan fingerprint density at radius 2 is 2.20 bits per heavy atom. The van der Waals surface area contributed by atoms with Crippen LogP contribution in [0.5, 0.6) is 0 Å². The van der Waals surface area contributed by atoms with Gasteiger partial charge in [-0.3, -0.25) is 9.78 Å². The third kappa shape index (κ3) is 2.42. The van der Waals surface area contributed by atoms with Crippen LogP contribution in [0.1, 0.15) is 37.7 Å². The summed E-state index contributed by atoms with van der Waals surface area (Å²) in [6, 6.07) is 6.02. The summed E-state index contributed by atoms with van der Waals surface area (Å²) >= 11 is 3.54. The van der Waals surface area contributed by atoms with E-state index in [0.717, 1.165) is 52.5 Å². The lowest BCUT2D eigenvalue weighted by Gasteiger charge is -2.45. The molecule has 130 valence electrons. The Hall–Kier alpha value is -1.50. The molecule has 1 N–H and O–H groups in total. The largest absolute Gasteiger partial charge is 0.353 e. The van der Waals surface area contributed by atoms with Crippen molar-refractivity contribution in [3.05, 3.63) is 34.4 Å². The molecule has 3 heterocycles. The van der Waals surface area contributed by atoms with Crippen molar-refractivity contribution in [2.24, 2.45) is 0 Å². The van der Waals surface area contributed by atoms with Crippen molar-refractivity contribution in [2.45, 2.75) is 49.9 Å². The number of halogens is 1. The van der Waals surface area contributed by atoms with Crippen LogP contribution in [0.2, 0.25) is 0 Å². The highest BCUT2D eigenvalue weighted by Gasteiger charge is 2.57. The van der Waals surface area contributed by atoms with E-state index in [0.29, 0.717) is 12.8 Å². The smallest absolute Gasteiger partial charge is 0.235 e. The van der Waals surface area contributed by atoms with E-state index in [-0.39, 0.29) is 18.3 Å². The molecule has 1 saturated heterocycles. The third-order valence-electron chi connectivity index (χ3n) is 5.63. The number of rotatable bonds is 2. The summed E-state index contributed by atoms with van der Waals surface area (Å²) in [7, 11) is 0. The Kier molecular flexibility index (Phi) is 3.62.